The minimum absolute atomic E-state index is 0.0649. The number of benzene rings is 2. The molecule has 19 heavy (non-hydrogen) atoms. The van der Waals surface area contributed by atoms with E-state index >= 15 is 0 Å². The highest BCUT2D eigenvalue weighted by Gasteiger charge is 2.03. The van der Waals surface area contributed by atoms with Crippen molar-refractivity contribution in [1.29, 1.82) is 0 Å². The van der Waals surface area contributed by atoms with E-state index in [0.29, 0.717) is 11.5 Å². The molecule has 0 unspecified atom stereocenters. The fourth-order valence-corrected chi connectivity index (χ4v) is 1.47. The van der Waals surface area contributed by atoms with Crippen LogP contribution in [0.2, 0.25) is 0 Å². The molecule has 0 saturated heterocycles. The minimum atomic E-state index is -0.861. The molecule has 100 valence electrons. The fourth-order valence-electron chi connectivity index (χ4n) is 1.47. The summed E-state index contributed by atoms with van der Waals surface area (Å²) in [7, 11) is 0. The summed E-state index contributed by atoms with van der Waals surface area (Å²) >= 11 is 0. The number of ether oxygens (including phenoxy) is 2. The molecule has 0 aliphatic carbocycles. The second kappa shape index (κ2) is 6.78. The number of hydrogen-bond donors (Lipinski definition) is 2. The topological polar surface area (TPSA) is 58.9 Å². The third kappa shape index (κ3) is 4.28. The van der Waals surface area contributed by atoms with Gasteiger partial charge in [0.2, 0.25) is 0 Å². The van der Waals surface area contributed by atoms with Crippen molar-refractivity contribution in [2.75, 3.05) is 13.2 Å². The Balaban J connectivity index is 1.91. The van der Waals surface area contributed by atoms with Crippen molar-refractivity contribution < 1.29 is 19.7 Å². The zero-order valence-electron chi connectivity index (χ0n) is 10.4. The monoisotopic (exact) mass is 260 g/mol. The number of rotatable bonds is 6. The Hall–Kier alpha value is -2.04. The summed E-state index contributed by atoms with van der Waals surface area (Å²) < 4.78 is 10.9. The molecule has 0 bridgehead atoms. The van der Waals surface area contributed by atoms with Crippen LogP contribution in [-0.4, -0.2) is 29.5 Å². The number of aliphatic hydroxyl groups is 2. The van der Waals surface area contributed by atoms with Gasteiger partial charge in [0, 0.05) is 0 Å². The van der Waals surface area contributed by atoms with Crippen molar-refractivity contribution in [2.45, 2.75) is 6.10 Å². The van der Waals surface area contributed by atoms with E-state index in [1.54, 1.807) is 24.3 Å². The smallest absolute Gasteiger partial charge is 0.127 e. The SMILES string of the molecule is OC[C@@H](O)COc1ccc(Oc2ccccc2)cc1. The Bertz CT molecular complexity index is 481. The molecule has 0 aliphatic heterocycles. The van der Waals surface area contributed by atoms with Crippen molar-refractivity contribution in [3.05, 3.63) is 54.6 Å². The highest BCUT2D eigenvalue weighted by molar-refractivity contribution is 5.35. The van der Waals surface area contributed by atoms with E-state index in [-0.39, 0.29) is 13.2 Å². The van der Waals surface area contributed by atoms with E-state index in [9.17, 15) is 0 Å². The fraction of sp³-hybridized carbons (Fsp3) is 0.200. The number of para-hydroxylation sites is 1. The number of aliphatic hydroxyl groups excluding tert-OH is 2. The molecule has 2 aromatic rings. The van der Waals surface area contributed by atoms with Crippen LogP contribution in [0.15, 0.2) is 54.6 Å². The Labute approximate surface area is 111 Å². The van der Waals surface area contributed by atoms with E-state index < -0.39 is 6.10 Å². The summed E-state index contributed by atoms with van der Waals surface area (Å²) in [5, 5.41) is 17.8. The molecule has 0 aromatic heterocycles. The first-order chi connectivity index (χ1) is 9.28. The maximum absolute atomic E-state index is 9.17. The largest absolute Gasteiger partial charge is 0.491 e. The lowest BCUT2D eigenvalue weighted by molar-refractivity contribution is 0.0536. The summed E-state index contributed by atoms with van der Waals surface area (Å²) in [6.07, 6.45) is -0.861. The maximum atomic E-state index is 9.17. The summed E-state index contributed by atoms with van der Waals surface area (Å²) in [6, 6.07) is 16.6. The Morgan fingerprint density at radius 3 is 2.05 bits per heavy atom. The van der Waals surface area contributed by atoms with Gasteiger partial charge >= 0.3 is 0 Å². The molecule has 0 aliphatic rings. The van der Waals surface area contributed by atoms with Crippen molar-refractivity contribution >= 4 is 0 Å². The zero-order chi connectivity index (χ0) is 13.5. The lowest BCUT2D eigenvalue weighted by Crippen LogP contribution is -2.21. The van der Waals surface area contributed by atoms with Crippen LogP contribution in [0.25, 0.3) is 0 Å². The molecular formula is C15H16O4. The Morgan fingerprint density at radius 1 is 0.842 bits per heavy atom. The van der Waals surface area contributed by atoms with Crippen LogP contribution in [0.5, 0.6) is 17.2 Å². The average Bonchev–Trinajstić information content (AvgIpc) is 2.47. The molecule has 0 heterocycles. The first-order valence-electron chi connectivity index (χ1n) is 6.02. The molecule has 1 atom stereocenters. The van der Waals surface area contributed by atoms with Crippen molar-refractivity contribution in [1.82, 2.24) is 0 Å². The van der Waals surface area contributed by atoms with Crippen LogP contribution < -0.4 is 9.47 Å². The van der Waals surface area contributed by atoms with Gasteiger partial charge in [-0.25, -0.2) is 0 Å². The van der Waals surface area contributed by atoms with Gasteiger partial charge in [-0.15, -0.1) is 0 Å². The van der Waals surface area contributed by atoms with Gasteiger partial charge in [0.25, 0.3) is 0 Å². The molecule has 0 saturated carbocycles. The van der Waals surface area contributed by atoms with Gasteiger partial charge < -0.3 is 19.7 Å². The second-order valence-corrected chi connectivity index (χ2v) is 4.03. The third-order valence-corrected chi connectivity index (χ3v) is 2.46. The van der Waals surface area contributed by atoms with Gasteiger partial charge in [0.05, 0.1) is 6.61 Å². The van der Waals surface area contributed by atoms with Crippen LogP contribution in [0.4, 0.5) is 0 Å². The summed E-state index contributed by atoms with van der Waals surface area (Å²) in [5.74, 6) is 2.10. The standard InChI is InChI=1S/C15H16O4/c16-10-12(17)11-18-13-6-8-15(9-7-13)19-14-4-2-1-3-5-14/h1-9,12,16-17H,10-11H2/t12-/m1/s1. The van der Waals surface area contributed by atoms with E-state index in [4.69, 9.17) is 19.7 Å². The summed E-state index contributed by atoms with van der Waals surface area (Å²) in [6.45, 7) is -0.245. The summed E-state index contributed by atoms with van der Waals surface area (Å²) in [4.78, 5) is 0. The third-order valence-electron chi connectivity index (χ3n) is 2.46. The normalized spacial score (nSPS) is 11.9. The van der Waals surface area contributed by atoms with Crippen molar-refractivity contribution in [2.24, 2.45) is 0 Å². The molecule has 2 rings (SSSR count). The quantitative estimate of drug-likeness (QED) is 0.836. The average molecular weight is 260 g/mol. The molecular weight excluding hydrogens is 244 g/mol. The maximum Gasteiger partial charge on any atom is 0.127 e. The summed E-state index contributed by atoms with van der Waals surface area (Å²) in [5.41, 5.74) is 0. The van der Waals surface area contributed by atoms with E-state index in [2.05, 4.69) is 0 Å². The highest BCUT2D eigenvalue weighted by atomic mass is 16.5. The zero-order valence-corrected chi connectivity index (χ0v) is 10.4. The molecule has 0 radical (unpaired) electrons. The van der Waals surface area contributed by atoms with E-state index in [1.807, 2.05) is 30.3 Å². The molecule has 2 N–H and O–H groups in total. The molecule has 2 aromatic carbocycles. The van der Waals surface area contributed by atoms with Gasteiger partial charge in [-0.3, -0.25) is 0 Å². The van der Waals surface area contributed by atoms with Gasteiger partial charge in [-0.05, 0) is 36.4 Å². The lowest BCUT2D eigenvalue weighted by Gasteiger charge is -2.10. The van der Waals surface area contributed by atoms with Crippen molar-refractivity contribution in [3.8, 4) is 17.2 Å². The second-order valence-electron chi connectivity index (χ2n) is 4.03. The Kier molecular flexibility index (Phi) is 4.78. The van der Waals surface area contributed by atoms with Gasteiger partial charge in [0.15, 0.2) is 0 Å². The van der Waals surface area contributed by atoms with Crippen LogP contribution in [0.1, 0.15) is 0 Å². The van der Waals surface area contributed by atoms with Crippen molar-refractivity contribution in [3.63, 3.8) is 0 Å². The molecule has 0 fully saturated rings. The highest BCUT2D eigenvalue weighted by Crippen LogP contribution is 2.23. The van der Waals surface area contributed by atoms with Crippen LogP contribution in [0, 0.1) is 0 Å². The van der Waals surface area contributed by atoms with Crippen LogP contribution in [0.3, 0.4) is 0 Å². The molecule has 0 spiro atoms. The minimum Gasteiger partial charge on any atom is -0.491 e. The number of hydrogen-bond acceptors (Lipinski definition) is 4. The Morgan fingerprint density at radius 2 is 1.42 bits per heavy atom. The van der Waals surface area contributed by atoms with Gasteiger partial charge in [-0.2, -0.15) is 0 Å². The van der Waals surface area contributed by atoms with Gasteiger partial charge in [-0.1, -0.05) is 18.2 Å². The van der Waals surface area contributed by atoms with E-state index in [1.165, 1.54) is 0 Å². The van der Waals surface area contributed by atoms with E-state index in [0.717, 1.165) is 5.75 Å². The first-order valence-corrected chi connectivity index (χ1v) is 6.02. The van der Waals surface area contributed by atoms with Crippen LogP contribution in [-0.2, 0) is 0 Å². The predicted octanol–water partition coefficient (Wildman–Crippen LogP) is 2.21. The first kappa shape index (κ1) is 13.4. The molecule has 4 heteroatoms. The molecule has 4 nitrogen and oxygen atoms in total. The van der Waals surface area contributed by atoms with Crippen LogP contribution >= 0.6 is 0 Å². The predicted molar refractivity (Wildman–Crippen MR) is 71.5 cm³/mol. The molecule has 0 amide bonds. The van der Waals surface area contributed by atoms with Gasteiger partial charge in [0.1, 0.15) is 30.0 Å². The lowest BCUT2D eigenvalue weighted by atomic mass is 10.3.